The summed E-state index contributed by atoms with van der Waals surface area (Å²) >= 11 is 0. The van der Waals surface area contributed by atoms with Gasteiger partial charge in [-0.25, -0.2) is 12.7 Å². The second kappa shape index (κ2) is 7.62. The molecule has 2 fully saturated rings. The van der Waals surface area contributed by atoms with Gasteiger partial charge in [-0.1, -0.05) is 6.08 Å². The van der Waals surface area contributed by atoms with Gasteiger partial charge in [-0.3, -0.25) is 0 Å². The van der Waals surface area contributed by atoms with Gasteiger partial charge in [0.15, 0.2) is 0 Å². The Balaban J connectivity index is 0.00000180. The standard InChI is InChI=1S/C13H24N2O2S.ClH/c1-2-3-10-18(16,17)15-8-6-13(7-9-15)14-11-12-4-5-12;/h2,12-14H,1,3-11H2;1H. The van der Waals surface area contributed by atoms with Crippen LogP contribution in [-0.4, -0.2) is 44.2 Å². The minimum Gasteiger partial charge on any atom is -0.314 e. The van der Waals surface area contributed by atoms with E-state index in [-0.39, 0.29) is 18.2 Å². The molecule has 0 aromatic carbocycles. The smallest absolute Gasteiger partial charge is 0.214 e. The van der Waals surface area contributed by atoms with Crippen molar-refractivity contribution in [2.45, 2.75) is 38.1 Å². The summed E-state index contributed by atoms with van der Waals surface area (Å²) in [7, 11) is -3.05. The van der Waals surface area contributed by atoms with Gasteiger partial charge in [0.05, 0.1) is 5.75 Å². The molecule has 2 aliphatic rings. The van der Waals surface area contributed by atoms with Gasteiger partial charge in [0.25, 0.3) is 0 Å². The van der Waals surface area contributed by atoms with Crippen molar-refractivity contribution in [3.63, 3.8) is 0 Å². The van der Waals surface area contributed by atoms with Crippen molar-refractivity contribution in [3.8, 4) is 0 Å². The minimum absolute atomic E-state index is 0. The van der Waals surface area contributed by atoms with Gasteiger partial charge in [-0.05, 0) is 44.6 Å². The van der Waals surface area contributed by atoms with Crippen molar-refractivity contribution in [3.05, 3.63) is 12.7 Å². The number of nitrogens with zero attached hydrogens (tertiary/aromatic N) is 1. The van der Waals surface area contributed by atoms with E-state index in [1.54, 1.807) is 10.4 Å². The van der Waals surface area contributed by atoms with E-state index in [1.807, 2.05) is 0 Å². The Morgan fingerprint density at radius 2 is 1.84 bits per heavy atom. The Bertz CT molecular complexity index is 374. The van der Waals surface area contributed by atoms with Crippen LogP contribution in [0.4, 0.5) is 0 Å². The molecular weight excluding hydrogens is 284 g/mol. The molecular formula is C13H25ClN2O2S. The van der Waals surface area contributed by atoms with E-state index in [2.05, 4.69) is 11.9 Å². The summed E-state index contributed by atoms with van der Waals surface area (Å²) in [5, 5.41) is 3.56. The Labute approximate surface area is 123 Å². The maximum Gasteiger partial charge on any atom is 0.214 e. The number of allylic oxidation sites excluding steroid dienone is 1. The Morgan fingerprint density at radius 3 is 2.37 bits per heavy atom. The predicted octanol–water partition coefficient (Wildman–Crippen LogP) is 1.78. The van der Waals surface area contributed by atoms with Crippen LogP contribution in [0.2, 0.25) is 0 Å². The summed E-state index contributed by atoms with van der Waals surface area (Å²) in [6.07, 6.45) is 6.83. The third-order valence-corrected chi connectivity index (χ3v) is 5.72. The van der Waals surface area contributed by atoms with Gasteiger partial charge in [-0.2, -0.15) is 0 Å². The quantitative estimate of drug-likeness (QED) is 0.729. The van der Waals surface area contributed by atoms with Gasteiger partial charge < -0.3 is 5.32 Å². The summed E-state index contributed by atoms with van der Waals surface area (Å²) in [5.41, 5.74) is 0. The molecule has 1 saturated carbocycles. The van der Waals surface area contributed by atoms with Crippen LogP contribution in [0, 0.1) is 5.92 Å². The van der Waals surface area contributed by atoms with Crippen LogP contribution in [0.15, 0.2) is 12.7 Å². The zero-order valence-electron chi connectivity index (χ0n) is 11.4. The summed E-state index contributed by atoms with van der Waals surface area (Å²) in [4.78, 5) is 0. The first-order valence-corrected chi connectivity index (χ1v) is 8.55. The van der Waals surface area contributed by atoms with E-state index in [0.29, 0.717) is 25.6 Å². The number of piperidine rings is 1. The first kappa shape index (κ1) is 17.0. The molecule has 112 valence electrons. The van der Waals surface area contributed by atoms with E-state index in [1.165, 1.54) is 12.8 Å². The zero-order valence-corrected chi connectivity index (χ0v) is 13.0. The molecule has 0 radical (unpaired) electrons. The fourth-order valence-electron chi connectivity index (χ4n) is 2.35. The molecule has 1 aliphatic heterocycles. The summed E-state index contributed by atoms with van der Waals surface area (Å²) < 4.78 is 25.6. The number of sulfonamides is 1. The van der Waals surface area contributed by atoms with Gasteiger partial charge in [0.2, 0.25) is 10.0 Å². The number of rotatable bonds is 7. The summed E-state index contributed by atoms with van der Waals surface area (Å²) in [6.45, 7) is 6.03. The maximum atomic E-state index is 12.0. The summed E-state index contributed by atoms with van der Waals surface area (Å²) in [6, 6.07) is 0.511. The topological polar surface area (TPSA) is 49.4 Å². The fraction of sp³-hybridized carbons (Fsp3) is 0.846. The van der Waals surface area contributed by atoms with E-state index >= 15 is 0 Å². The molecule has 0 unspecified atom stereocenters. The molecule has 1 aliphatic carbocycles. The molecule has 0 amide bonds. The Kier molecular flexibility index (Phi) is 6.80. The normalized spacial score (nSPS) is 21.9. The van der Waals surface area contributed by atoms with Crippen molar-refractivity contribution in [1.82, 2.24) is 9.62 Å². The number of hydrogen-bond acceptors (Lipinski definition) is 3. The van der Waals surface area contributed by atoms with Crippen LogP contribution in [0.3, 0.4) is 0 Å². The van der Waals surface area contributed by atoms with E-state index in [0.717, 1.165) is 25.3 Å². The maximum absolute atomic E-state index is 12.0. The predicted molar refractivity (Wildman–Crippen MR) is 81.2 cm³/mol. The third kappa shape index (κ3) is 5.42. The second-order valence-corrected chi connectivity index (χ2v) is 7.51. The molecule has 0 atom stereocenters. The molecule has 1 N–H and O–H groups in total. The first-order valence-electron chi connectivity index (χ1n) is 6.94. The average Bonchev–Trinajstić information content (AvgIpc) is 3.18. The van der Waals surface area contributed by atoms with Gasteiger partial charge in [-0.15, -0.1) is 19.0 Å². The van der Waals surface area contributed by atoms with Crippen LogP contribution in [0.5, 0.6) is 0 Å². The van der Waals surface area contributed by atoms with Crippen LogP contribution in [0.25, 0.3) is 0 Å². The molecule has 0 aromatic rings. The lowest BCUT2D eigenvalue weighted by Crippen LogP contribution is -2.45. The highest BCUT2D eigenvalue weighted by Gasteiger charge is 2.28. The monoisotopic (exact) mass is 308 g/mol. The van der Waals surface area contributed by atoms with Crippen molar-refractivity contribution in [2.75, 3.05) is 25.4 Å². The SMILES string of the molecule is C=CCCS(=O)(=O)N1CCC(NCC2CC2)CC1.Cl. The molecule has 1 heterocycles. The zero-order chi connectivity index (χ0) is 13.0. The van der Waals surface area contributed by atoms with Gasteiger partial charge in [0, 0.05) is 19.1 Å². The molecule has 0 aromatic heterocycles. The number of nitrogens with one attached hydrogen (secondary N) is 1. The van der Waals surface area contributed by atoms with Crippen molar-refractivity contribution >= 4 is 22.4 Å². The Morgan fingerprint density at radius 1 is 1.21 bits per heavy atom. The molecule has 1 saturated heterocycles. The number of hydrogen-bond donors (Lipinski definition) is 1. The lowest BCUT2D eigenvalue weighted by molar-refractivity contribution is 0.288. The highest BCUT2D eigenvalue weighted by atomic mass is 35.5. The molecule has 0 spiro atoms. The second-order valence-electron chi connectivity index (χ2n) is 5.42. The fourth-order valence-corrected chi connectivity index (χ4v) is 3.84. The largest absolute Gasteiger partial charge is 0.314 e. The lowest BCUT2D eigenvalue weighted by Gasteiger charge is -2.31. The van der Waals surface area contributed by atoms with Crippen molar-refractivity contribution in [2.24, 2.45) is 5.92 Å². The minimum atomic E-state index is -3.05. The Hall–Kier alpha value is -0.100. The third-order valence-electron chi connectivity index (χ3n) is 3.82. The van der Waals surface area contributed by atoms with Crippen LogP contribution in [-0.2, 0) is 10.0 Å². The first-order chi connectivity index (χ1) is 8.62. The van der Waals surface area contributed by atoms with Gasteiger partial charge in [0.1, 0.15) is 0 Å². The van der Waals surface area contributed by atoms with E-state index in [4.69, 9.17) is 0 Å². The molecule has 0 bridgehead atoms. The highest BCUT2D eigenvalue weighted by Crippen LogP contribution is 2.28. The van der Waals surface area contributed by atoms with Crippen LogP contribution in [0.1, 0.15) is 32.1 Å². The van der Waals surface area contributed by atoms with Crippen molar-refractivity contribution in [1.29, 1.82) is 0 Å². The molecule has 19 heavy (non-hydrogen) atoms. The van der Waals surface area contributed by atoms with Crippen LogP contribution >= 0.6 is 12.4 Å². The average molecular weight is 309 g/mol. The van der Waals surface area contributed by atoms with E-state index < -0.39 is 10.0 Å². The lowest BCUT2D eigenvalue weighted by atomic mass is 10.1. The molecule has 4 nitrogen and oxygen atoms in total. The van der Waals surface area contributed by atoms with Crippen LogP contribution < -0.4 is 5.32 Å². The summed E-state index contributed by atoms with van der Waals surface area (Å²) in [5.74, 6) is 1.09. The highest BCUT2D eigenvalue weighted by molar-refractivity contribution is 7.89. The van der Waals surface area contributed by atoms with Crippen molar-refractivity contribution < 1.29 is 8.42 Å². The molecule has 2 rings (SSSR count). The molecule has 6 heteroatoms. The number of halogens is 1. The van der Waals surface area contributed by atoms with Gasteiger partial charge >= 0.3 is 0 Å². The van der Waals surface area contributed by atoms with E-state index in [9.17, 15) is 8.42 Å².